The van der Waals surface area contributed by atoms with E-state index in [4.69, 9.17) is 10.5 Å². The number of fused-ring (bicyclic) bond motifs is 1. The number of ether oxygens (including phenoxy) is 1. The lowest BCUT2D eigenvalue weighted by atomic mass is 9.83. The van der Waals surface area contributed by atoms with Crippen LogP contribution in [0.25, 0.3) is 11.1 Å². The summed E-state index contributed by atoms with van der Waals surface area (Å²) in [6.07, 6.45) is 1.29. The molecule has 26 heavy (non-hydrogen) atoms. The highest BCUT2D eigenvalue weighted by Crippen LogP contribution is 2.35. The SMILES string of the molecule is CC(C)c1cc(-c2ccc3c(c2)COCC3)cc(C(C)C)c1CC(N)=O. The van der Waals surface area contributed by atoms with Crippen LogP contribution in [0.3, 0.4) is 0 Å². The minimum absolute atomic E-state index is 0.271. The van der Waals surface area contributed by atoms with Gasteiger partial charge in [-0.05, 0) is 63.3 Å². The smallest absolute Gasteiger partial charge is 0.221 e. The predicted molar refractivity (Wildman–Crippen MR) is 106 cm³/mol. The van der Waals surface area contributed by atoms with E-state index in [1.54, 1.807) is 0 Å². The predicted octanol–water partition coefficient (Wildman–Crippen LogP) is 4.70. The zero-order chi connectivity index (χ0) is 18.8. The van der Waals surface area contributed by atoms with Gasteiger partial charge in [-0.15, -0.1) is 0 Å². The van der Waals surface area contributed by atoms with E-state index in [1.807, 2.05) is 0 Å². The van der Waals surface area contributed by atoms with Crippen molar-refractivity contribution in [3.05, 3.63) is 58.1 Å². The molecule has 0 radical (unpaired) electrons. The third-order valence-corrected chi connectivity index (χ3v) is 5.23. The molecule has 2 aromatic rings. The van der Waals surface area contributed by atoms with Crippen molar-refractivity contribution >= 4 is 5.91 Å². The van der Waals surface area contributed by atoms with Gasteiger partial charge in [-0.2, -0.15) is 0 Å². The summed E-state index contributed by atoms with van der Waals surface area (Å²) in [5.41, 5.74) is 14.2. The molecule has 2 aromatic carbocycles. The van der Waals surface area contributed by atoms with Crippen molar-refractivity contribution in [3.63, 3.8) is 0 Å². The Balaban J connectivity index is 2.14. The number of nitrogens with two attached hydrogens (primary N) is 1. The van der Waals surface area contributed by atoms with E-state index in [9.17, 15) is 4.79 Å². The van der Waals surface area contributed by atoms with E-state index < -0.39 is 0 Å². The summed E-state index contributed by atoms with van der Waals surface area (Å²) < 4.78 is 5.62. The van der Waals surface area contributed by atoms with Crippen LogP contribution in [0.15, 0.2) is 30.3 Å². The highest BCUT2D eigenvalue weighted by molar-refractivity contribution is 5.79. The Morgan fingerprint density at radius 2 is 1.65 bits per heavy atom. The summed E-state index contributed by atoms with van der Waals surface area (Å²) in [6, 6.07) is 11.2. The molecule has 138 valence electrons. The quantitative estimate of drug-likeness (QED) is 0.849. The van der Waals surface area contributed by atoms with Crippen molar-refractivity contribution in [2.24, 2.45) is 5.73 Å². The highest BCUT2D eigenvalue weighted by atomic mass is 16.5. The molecular formula is C23H29NO2. The molecule has 0 aromatic heterocycles. The maximum Gasteiger partial charge on any atom is 0.221 e. The molecule has 1 amide bonds. The van der Waals surface area contributed by atoms with Crippen LogP contribution in [0, 0.1) is 0 Å². The zero-order valence-corrected chi connectivity index (χ0v) is 16.3. The van der Waals surface area contributed by atoms with Gasteiger partial charge in [-0.25, -0.2) is 0 Å². The summed E-state index contributed by atoms with van der Waals surface area (Å²) in [6.45, 7) is 10.2. The molecule has 0 saturated carbocycles. The first-order valence-electron chi connectivity index (χ1n) is 9.51. The van der Waals surface area contributed by atoms with E-state index in [1.165, 1.54) is 33.4 Å². The van der Waals surface area contributed by atoms with Gasteiger partial charge in [0, 0.05) is 0 Å². The van der Waals surface area contributed by atoms with Gasteiger partial charge in [-0.3, -0.25) is 4.79 Å². The fraction of sp³-hybridized carbons (Fsp3) is 0.435. The number of carbonyl (C=O) groups excluding carboxylic acids is 1. The number of rotatable bonds is 5. The van der Waals surface area contributed by atoms with Crippen molar-refractivity contribution < 1.29 is 9.53 Å². The first-order valence-corrected chi connectivity index (χ1v) is 9.51. The molecule has 0 saturated heterocycles. The first-order chi connectivity index (χ1) is 12.4. The van der Waals surface area contributed by atoms with Gasteiger partial charge in [0.25, 0.3) is 0 Å². The molecular weight excluding hydrogens is 322 g/mol. The number of carbonyl (C=O) groups is 1. The van der Waals surface area contributed by atoms with Crippen LogP contribution >= 0.6 is 0 Å². The van der Waals surface area contributed by atoms with Crippen LogP contribution in [-0.2, 0) is 29.0 Å². The Bertz CT molecular complexity index is 792. The molecule has 1 heterocycles. The lowest BCUT2D eigenvalue weighted by Gasteiger charge is -2.22. The molecule has 0 atom stereocenters. The maximum atomic E-state index is 11.6. The number of benzene rings is 2. The molecule has 0 fully saturated rings. The van der Waals surface area contributed by atoms with Gasteiger partial charge < -0.3 is 10.5 Å². The number of hydrogen-bond acceptors (Lipinski definition) is 2. The largest absolute Gasteiger partial charge is 0.376 e. The number of primary amides is 1. The van der Waals surface area contributed by atoms with E-state index in [2.05, 4.69) is 58.0 Å². The molecule has 3 rings (SSSR count). The Morgan fingerprint density at radius 3 is 2.23 bits per heavy atom. The van der Waals surface area contributed by atoms with E-state index in [-0.39, 0.29) is 5.91 Å². The van der Waals surface area contributed by atoms with E-state index in [0.717, 1.165) is 18.6 Å². The molecule has 0 unspecified atom stereocenters. The summed E-state index contributed by atoms with van der Waals surface area (Å²) in [4.78, 5) is 11.6. The second-order valence-corrected chi connectivity index (χ2v) is 7.87. The van der Waals surface area contributed by atoms with Crippen molar-refractivity contribution in [2.75, 3.05) is 6.61 Å². The second-order valence-electron chi connectivity index (χ2n) is 7.87. The minimum atomic E-state index is -0.271. The molecule has 2 N–H and O–H groups in total. The van der Waals surface area contributed by atoms with Gasteiger partial charge in [0.05, 0.1) is 19.6 Å². The molecule has 1 aliphatic rings. The van der Waals surface area contributed by atoms with Crippen LogP contribution in [0.5, 0.6) is 0 Å². The van der Waals surface area contributed by atoms with E-state index in [0.29, 0.717) is 24.9 Å². The molecule has 0 aliphatic carbocycles. The number of hydrogen-bond donors (Lipinski definition) is 1. The van der Waals surface area contributed by atoms with Crippen LogP contribution in [-0.4, -0.2) is 12.5 Å². The number of amides is 1. The summed E-state index contributed by atoms with van der Waals surface area (Å²) in [7, 11) is 0. The Kier molecular flexibility index (Phi) is 5.47. The normalized spacial score (nSPS) is 13.9. The molecule has 0 spiro atoms. The van der Waals surface area contributed by atoms with E-state index >= 15 is 0 Å². The van der Waals surface area contributed by atoms with Crippen LogP contribution in [0.4, 0.5) is 0 Å². The molecule has 1 aliphatic heterocycles. The Morgan fingerprint density at radius 1 is 1.00 bits per heavy atom. The minimum Gasteiger partial charge on any atom is -0.376 e. The summed E-state index contributed by atoms with van der Waals surface area (Å²) in [5.74, 6) is 0.401. The van der Waals surface area contributed by atoms with Crippen LogP contribution in [0.1, 0.15) is 67.3 Å². The monoisotopic (exact) mass is 351 g/mol. The third kappa shape index (κ3) is 3.83. The summed E-state index contributed by atoms with van der Waals surface area (Å²) in [5, 5.41) is 0. The standard InChI is InChI=1S/C23H29NO2/c1-14(2)20-10-18(11-21(15(3)4)22(20)12-23(24)25)17-6-5-16-7-8-26-13-19(16)9-17/h5-6,9-11,14-15H,7-8,12-13H2,1-4H3,(H2,24,25). The fourth-order valence-electron chi connectivity index (χ4n) is 3.84. The molecule has 3 heteroatoms. The van der Waals surface area contributed by atoms with Gasteiger partial charge >= 0.3 is 0 Å². The lowest BCUT2D eigenvalue weighted by molar-refractivity contribution is -0.117. The van der Waals surface area contributed by atoms with Gasteiger partial charge in [0.1, 0.15) is 0 Å². The first kappa shape index (κ1) is 18.7. The summed E-state index contributed by atoms with van der Waals surface area (Å²) >= 11 is 0. The third-order valence-electron chi connectivity index (χ3n) is 5.23. The second kappa shape index (κ2) is 7.63. The average Bonchev–Trinajstić information content (AvgIpc) is 2.60. The van der Waals surface area contributed by atoms with Gasteiger partial charge in [0.2, 0.25) is 5.91 Å². The average molecular weight is 351 g/mol. The fourth-order valence-corrected chi connectivity index (χ4v) is 3.84. The molecule has 3 nitrogen and oxygen atoms in total. The Labute approximate surface area is 156 Å². The van der Waals surface area contributed by atoms with Crippen LogP contribution in [0.2, 0.25) is 0 Å². The highest BCUT2D eigenvalue weighted by Gasteiger charge is 2.19. The maximum absolute atomic E-state index is 11.6. The Hall–Kier alpha value is -2.13. The van der Waals surface area contributed by atoms with Crippen molar-refractivity contribution in [2.45, 2.75) is 59.0 Å². The molecule has 0 bridgehead atoms. The topological polar surface area (TPSA) is 52.3 Å². The van der Waals surface area contributed by atoms with Crippen molar-refractivity contribution in [1.82, 2.24) is 0 Å². The van der Waals surface area contributed by atoms with Gasteiger partial charge in [0.15, 0.2) is 0 Å². The van der Waals surface area contributed by atoms with Crippen molar-refractivity contribution in [3.8, 4) is 11.1 Å². The van der Waals surface area contributed by atoms with Crippen molar-refractivity contribution in [1.29, 1.82) is 0 Å². The van der Waals surface area contributed by atoms with Gasteiger partial charge in [-0.1, -0.05) is 52.0 Å². The zero-order valence-electron chi connectivity index (χ0n) is 16.3. The lowest BCUT2D eigenvalue weighted by Crippen LogP contribution is -2.17. The van der Waals surface area contributed by atoms with Crippen LogP contribution < -0.4 is 5.73 Å².